The number of benzene rings is 1. The molecule has 21 heavy (non-hydrogen) atoms. The van der Waals surface area contributed by atoms with Crippen molar-refractivity contribution in [3.8, 4) is 0 Å². The van der Waals surface area contributed by atoms with Crippen molar-refractivity contribution in [3.63, 3.8) is 0 Å². The monoisotopic (exact) mass is 286 g/mol. The summed E-state index contributed by atoms with van der Waals surface area (Å²) in [6.45, 7) is 2.82. The second-order valence-corrected chi connectivity index (χ2v) is 5.34. The highest BCUT2D eigenvalue weighted by molar-refractivity contribution is 6.06. The van der Waals surface area contributed by atoms with Crippen molar-refractivity contribution >= 4 is 16.8 Å². The number of hydrogen-bond donors (Lipinski definition) is 1. The van der Waals surface area contributed by atoms with Crippen molar-refractivity contribution in [2.24, 2.45) is 0 Å². The summed E-state index contributed by atoms with van der Waals surface area (Å²) in [5.41, 5.74) is 2.42. The van der Waals surface area contributed by atoms with Crippen LogP contribution in [0.3, 0.4) is 0 Å². The summed E-state index contributed by atoms with van der Waals surface area (Å²) < 4.78 is 0. The minimum Gasteiger partial charge on any atom is -0.396 e. The van der Waals surface area contributed by atoms with Crippen LogP contribution in [0.4, 0.5) is 0 Å². The Bertz CT molecular complexity index is 625. The van der Waals surface area contributed by atoms with Crippen LogP contribution < -0.4 is 0 Å². The summed E-state index contributed by atoms with van der Waals surface area (Å²) in [5.74, 6) is 0.0284. The Hall–Kier alpha value is -1.94. The number of aryl methyl sites for hydroxylation is 1. The summed E-state index contributed by atoms with van der Waals surface area (Å²) in [6.07, 6.45) is 2.63. The Morgan fingerprint density at radius 1 is 1.24 bits per heavy atom. The molecule has 1 amide bonds. The fraction of sp³-hybridized carbons (Fsp3) is 0.412. The molecular weight excluding hydrogens is 264 g/mol. The van der Waals surface area contributed by atoms with Crippen molar-refractivity contribution in [3.05, 3.63) is 41.6 Å². The topological polar surface area (TPSA) is 53.4 Å². The van der Waals surface area contributed by atoms with Gasteiger partial charge in [0.1, 0.15) is 0 Å². The molecule has 0 radical (unpaired) electrons. The number of aliphatic hydroxyl groups excluding tert-OH is 1. The lowest BCUT2D eigenvalue weighted by molar-refractivity contribution is 0.0794. The summed E-state index contributed by atoms with van der Waals surface area (Å²) in [5, 5.41) is 9.68. The molecule has 0 atom stereocenters. The molecule has 0 bridgehead atoms. The quantitative estimate of drug-likeness (QED) is 0.831. The van der Waals surface area contributed by atoms with Crippen LogP contribution in [-0.2, 0) is 0 Å². The largest absolute Gasteiger partial charge is 0.396 e. The van der Waals surface area contributed by atoms with Gasteiger partial charge in [0.15, 0.2) is 0 Å². The molecule has 2 rings (SSSR count). The van der Waals surface area contributed by atoms with Crippen LogP contribution in [0.2, 0.25) is 0 Å². The number of unbranched alkanes of at least 4 members (excludes halogenated alkanes) is 2. The van der Waals surface area contributed by atoms with Crippen LogP contribution in [0.5, 0.6) is 0 Å². The van der Waals surface area contributed by atoms with E-state index in [0.29, 0.717) is 12.1 Å². The number of rotatable bonds is 6. The second kappa shape index (κ2) is 7.18. The van der Waals surface area contributed by atoms with Crippen molar-refractivity contribution in [2.45, 2.75) is 26.2 Å². The average Bonchev–Trinajstić information content (AvgIpc) is 2.49. The fourth-order valence-electron chi connectivity index (χ4n) is 2.43. The molecule has 0 saturated heterocycles. The van der Waals surface area contributed by atoms with E-state index < -0.39 is 0 Å². The van der Waals surface area contributed by atoms with E-state index in [4.69, 9.17) is 5.11 Å². The molecule has 2 aromatic rings. The van der Waals surface area contributed by atoms with Gasteiger partial charge in [-0.2, -0.15) is 0 Å². The predicted octanol–water partition coefficient (Wildman–Crippen LogP) is 2.78. The molecule has 1 heterocycles. The Morgan fingerprint density at radius 2 is 2.00 bits per heavy atom. The first kappa shape index (κ1) is 15.4. The van der Waals surface area contributed by atoms with Crippen LogP contribution in [-0.4, -0.2) is 41.1 Å². The zero-order valence-corrected chi connectivity index (χ0v) is 12.7. The molecule has 0 saturated carbocycles. The number of aromatic nitrogens is 1. The van der Waals surface area contributed by atoms with Gasteiger partial charge < -0.3 is 10.0 Å². The Morgan fingerprint density at radius 3 is 2.76 bits per heavy atom. The number of para-hydroxylation sites is 1. The first-order valence-electron chi connectivity index (χ1n) is 7.36. The van der Waals surface area contributed by atoms with Gasteiger partial charge in [-0.15, -0.1) is 0 Å². The summed E-state index contributed by atoms with van der Waals surface area (Å²) in [6, 6.07) is 9.59. The number of carbonyl (C=O) groups excluding carboxylic acids is 1. The van der Waals surface area contributed by atoms with Gasteiger partial charge in [0.25, 0.3) is 5.91 Å². The molecule has 0 aliphatic carbocycles. The highest BCUT2D eigenvalue weighted by atomic mass is 16.2. The minimum absolute atomic E-state index is 0.0284. The first-order valence-corrected chi connectivity index (χ1v) is 7.36. The van der Waals surface area contributed by atoms with E-state index in [1.54, 1.807) is 4.90 Å². The van der Waals surface area contributed by atoms with Gasteiger partial charge in [-0.05, 0) is 38.3 Å². The SMILES string of the molecule is Cc1cc(C(=O)N(C)CCCCCO)c2ccccc2n1. The number of fused-ring (bicyclic) bond motifs is 1. The van der Waals surface area contributed by atoms with E-state index in [-0.39, 0.29) is 12.5 Å². The summed E-state index contributed by atoms with van der Waals surface area (Å²) >= 11 is 0. The van der Waals surface area contributed by atoms with E-state index in [1.165, 1.54) is 0 Å². The predicted molar refractivity (Wildman–Crippen MR) is 84.4 cm³/mol. The molecule has 0 fully saturated rings. The minimum atomic E-state index is 0.0284. The van der Waals surface area contributed by atoms with Crippen molar-refractivity contribution < 1.29 is 9.90 Å². The molecule has 4 nitrogen and oxygen atoms in total. The summed E-state index contributed by atoms with van der Waals surface area (Å²) in [4.78, 5) is 18.8. The van der Waals surface area contributed by atoms with Crippen LogP contribution in [0.1, 0.15) is 35.3 Å². The molecule has 0 aliphatic rings. The van der Waals surface area contributed by atoms with Gasteiger partial charge in [0, 0.05) is 31.3 Å². The van der Waals surface area contributed by atoms with E-state index in [1.807, 2.05) is 44.3 Å². The Balaban J connectivity index is 2.18. The molecule has 1 N–H and O–H groups in total. The van der Waals surface area contributed by atoms with Gasteiger partial charge >= 0.3 is 0 Å². The van der Waals surface area contributed by atoms with Crippen molar-refractivity contribution in [2.75, 3.05) is 20.2 Å². The molecule has 0 unspecified atom stereocenters. The van der Waals surface area contributed by atoms with Gasteiger partial charge in [-0.25, -0.2) is 0 Å². The number of carbonyl (C=O) groups is 1. The zero-order chi connectivity index (χ0) is 15.2. The van der Waals surface area contributed by atoms with Crippen LogP contribution in [0.15, 0.2) is 30.3 Å². The number of hydrogen-bond acceptors (Lipinski definition) is 3. The highest BCUT2D eigenvalue weighted by Crippen LogP contribution is 2.19. The maximum Gasteiger partial charge on any atom is 0.254 e. The Labute approximate surface area is 125 Å². The number of aliphatic hydroxyl groups is 1. The lowest BCUT2D eigenvalue weighted by Crippen LogP contribution is -2.28. The third kappa shape index (κ3) is 3.79. The molecule has 1 aromatic carbocycles. The van der Waals surface area contributed by atoms with Gasteiger partial charge in [-0.1, -0.05) is 18.2 Å². The van der Waals surface area contributed by atoms with E-state index in [9.17, 15) is 4.79 Å². The third-order valence-corrected chi connectivity index (χ3v) is 3.57. The number of nitrogens with zero attached hydrogens (tertiary/aromatic N) is 2. The lowest BCUT2D eigenvalue weighted by atomic mass is 10.1. The van der Waals surface area contributed by atoms with Gasteiger partial charge in [0.2, 0.25) is 0 Å². The number of amides is 1. The van der Waals surface area contributed by atoms with Crippen molar-refractivity contribution in [1.82, 2.24) is 9.88 Å². The molecule has 0 spiro atoms. The van der Waals surface area contributed by atoms with Crippen molar-refractivity contribution in [1.29, 1.82) is 0 Å². The van der Waals surface area contributed by atoms with E-state index in [2.05, 4.69) is 4.98 Å². The molecule has 4 heteroatoms. The van der Waals surface area contributed by atoms with Gasteiger partial charge in [0.05, 0.1) is 11.1 Å². The molecular formula is C17H22N2O2. The second-order valence-electron chi connectivity index (χ2n) is 5.34. The van der Waals surface area contributed by atoms with Crippen LogP contribution >= 0.6 is 0 Å². The van der Waals surface area contributed by atoms with E-state index >= 15 is 0 Å². The van der Waals surface area contributed by atoms with Crippen LogP contribution in [0.25, 0.3) is 10.9 Å². The zero-order valence-electron chi connectivity index (χ0n) is 12.7. The van der Waals surface area contributed by atoms with Gasteiger partial charge in [-0.3, -0.25) is 9.78 Å². The third-order valence-electron chi connectivity index (χ3n) is 3.57. The normalized spacial score (nSPS) is 10.8. The average molecular weight is 286 g/mol. The molecule has 1 aromatic heterocycles. The Kier molecular flexibility index (Phi) is 5.28. The fourth-order valence-corrected chi connectivity index (χ4v) is 2.43. The summed E-state index contributed by atoms with van der Waals surface area (Å²) in [7, 11) is 1.83. The number of pyridine rings is 1. The highest BCUT2D eigenvalue weighted by Gasteiger charge is 2.15. The van der Waals surface area contributed by atoms with E-state index in [0.717, 1.165) is 35.9 Å². The standard InChI is InChI=1S/C17H22N2O2/c1-13-12-15(14-8-4-5-9-16(14)18-13)17(21)19(2)10-6-3-7-11-20/h4-5,8-9,12,20H,3,6-7,10-11H2,1-2H3. The first-order chi connectivity index (χ1) is 10.1. The maximum atomic E-state index is 12.6. The lowest BCUT2D eigenvalue weighted by Gasteiger charge is -2.18. The smallest absolute Gasteiger partial charge is 0.254 e. The molecule has 112 valence electrons. The molecule has 0 aliphatic heterocycles. The maximum absolute atomic E-state index is 12.6. The van der Waals surface area contributed by atoms with Crippen LogP contribution in [0, 0.1) is 6.92 Å².